The molecule has 0 saturated carbocycles. The van der Waals surface area contributed by atoms with Crippen molar-refractivity contribution in [2.45, 2.75) is 5.09 Å². The lowest BCUT2D eigenvalue weighted by Gasteiger charge is -2.06. The van der Waals surface area contributed by atoms with Gasteiger partial charge in [0, 0.05) is 5.75 Å². The summed E-state index contributed by atoms with van der Waals surface area (Å²) in [7, 11) is 1.61. The summed E-state index contributed by atoms with van der Waals surface area (Å²) in [6.07, 6.45) is 0. The molecular weight excluding hydrogens is 280 g/mol. The minimum atomic E-state index is -1.06. The van der Waals surface area contributed by atoms with Gasteiger partial charge in [-0.15, -0.1) is 0 Å². The Hall–Kier alpha value is -2.08. The highest BCUT2D eigenvalue weighted by atomic mass is 32.2. The lowest BCUT2D eigenvalue weighted by atomic mass is 10.3. The second-order valence-electron chi connectivity index (χ2n) is 3.80. The zero-order valence-corrected chi connectivity index (χ0v) is 11.7. The van der Waals surface area contributed by atoms with Crippen LogP contribution in [0.5, 0.6) is 11.5 Å². The second-order valence-corrected chi connectivity index (χ2v) is 4.90. The van der Waals surface area contributed by atoms with Crippen LogP contribution in [0.4, 0.5) is 0 Å². The maximum atomic E-state index is 10.6. The number of carboxylic acids is 1. The average Bonchev–Trinajstić information content (AvgIpc) is 2.93. The monoisotopic (exact) mass is 294 g/mol. The summed E-state index contributed by atoms with van der Waals surface area (Å²) in [6, 6.07) is 10.4. The fraction of sp³-hybridized carbons (Fsp3) is 0.214. The highest BCUT2D eigenvalue weighted by Gasteiger charge is 2.08. The van der Waals surface area contributed by atoms with E-state index in [9.17, 15) is 4.79 Å². The molecule has 0 aliphatic heterocycles. The summed E-state index contributed by atoms with van der Waals surface area (Å²) in [4.78, 5) is 10.6. The molecule has 0 aliphatic carbocycles. The van der Waals surface area contributed by atoms with Crippen molar-refractivity contribution in [3.63, 3.8) is 0 Å². The fourth-order valence-corrected chi connectivity index (χ4v) is 2.17. The Morgan fingerprint density at radius 2 is 1.90 bits per heavy atom. The molecule has 1 aromatic carbocycles. The van der Waals surface area contributed by atoms with E-state index >= 15 is 0 Å². The van der Waals surface area contributed by atoms with Crippen molar-refractivity contribution in [2.24, 2.45) is 0 Å². The van der Waals surface area contributed by atoms with Crippen LogP contribution in [0.1, 0.15) is 10.6 Å². The van der Waals surface area contributed by atoms with E-state index in [4.69, 9.17) is 19.0 Å². The summed E-state index contributed by atoms with van der Waals surface area (Å²) in [5.41, 5.74) is 0. The summed E-state index contributed by atoms with van der Waals surface area (Å²) in [6.45, 7) is 0.500. The fourth-order valence-electron chi connectivity index (χ4n) is 1.49. The van der Waals surface area contributed by atoms with Crippen molar-refractivity contribution in [3.8, 4) is 11.5 Å². The van der Waals surface area contributed by atoms with Gasteiger partial charge in [0.1, 0.15) is 11.5 Å². The van der Waals surface area contributed by atoms with E-state index in [1.54, 1.807) is 13.2 Å². The topological polar surface area (TPSA) is 68.9 Å². The van der Waals surface area contributed by atoms with Gasteiger partial charge in [-0.3, -0.25) is 0 Å². The maximum absolute atomic E-state index is 10.6. The molecule has 2 aromatic rings. The van der Waals surface area contributed by atoms with Gasteiger partial charge in [0.15, 0.2) is 5.09 Å². The quantitative estimate of drug-likeness (QED) is 0.625. The number of ether oxygens (including phenoxy) is 2. The molecule has 0 spiro atoms. The van der Waals surface area contributed by atoms with Gasteiger partial charge in [0.2, 0.25) is 5.76 Å². The van der Waals surface area contributed by atoms with Gasteiger partial charge in [-0.25, -0.2) is 4.79 Å². The van der Waals surface area contributed by atoms with Crippen molar-refractivity contribution >= 4 is 17.7 Å². The molecule has 0 aliphatic rings. The van der Waals surface area contributed by atoms with Gasteiger partial charge in [-0.05, 0) is 36.4 Å². The van der Waals surface area contributed by atoms with Crippen LogP contribution in [0.3, 0.4) is 0 Å². The van der Waals surface area contributed by atoms with Crippen molar-refractivity contribution < 1.29 is 23.8 Å². The second kappa shape index (κ2) is 6.91. The first-order valence-electron chi connectivity index (χ1n) is 5.92. The van der Waals surface area contributed by atoms with Crippen LogP contribution in [0.2, 0.25) is 0 Å². The Balaban J connectivity index is 1.73. The molecule has 0 bridgehead atoms. The number of carbonyl (C=O) groups is 1. The molecule has 1 aromatic heterocycles. The van der Waals surface area contributed by atoms with E-state index in [0.717, 1.165) is 11.5 Å². The molecule has 0 atom stereocenters. The Morgan fingerprint density at radius 3 is 2.50 bits per heavy atom. The highest BCUT2D eigenvalue weighted by Crippen LogP contribution is 2.22. The van der Waals surface area contributed by atoms with Crippen LogP contribution in [-0.4, -0.2) is 30.5 Å². The third-order valence-electron chi connectivity index (χ3n) is 2.45. The number of thioether (sulfide) groups is 1. The zero-order chi connectivity index (χ0) is 14.4. The van der Waals surface area contributed by atoms with Crippen LogP contribution in [0.25, 0.3) is 0 Å². The molecule has 1 N–H and O–H groups in total. The maximum Gasteiger partial charge on any atom is 0.371 e. The van der Waals surface area contributed by atoms with Gasteiger partial charge in [0.25, 0.3) is 0 Å². The lowest BCUT2D eigenvalue weighted by molar-refractivity contribution is 0.0656. The van der Waals surface area contributed by atoms with Crippen molar-refractivity contribution in [1.82, 2.24) is 0 Å². The van der Waals surface area contributed by atoms with Crippen molar-refractivity contribution in [3.05, 3.63) is 42.2 Å². The predicted octanol–water partition coefficient (Wildman–Crippen LogP) is 3.16. The predicted molar refractivity (Wildman–Crippen MR) is 74.9 cm³/mol. The minimum absolute atomic E-state index is 0.0522. The Bertz CT molecular complexity index is 561. The van der Waals surface area contributed by atoms with Crippen LogP contribution in [0.15, 0.2) is 45.9 Å². The summed E-state index contributed by atoms with van der Waals surface area (Å²) >= 11 is 1.41. The Kier molecular flexibility index (Phi) is 4.95. The van der Waals surface area contributed by atoms with Gasteiger partial charge >= 0.3 is 5.97 Å². The molecule has 1 heterocycles. The van der Waals surface area contributed by atoms with Crippen LogP contribution >= 0.6 is 11.8 Å². The van der Waals surface area contributed by atoms with Crippen molar-refractivity contribution in [2.75, 3.05) is 19.5 Å². The SMILES string of the molecule is COc1ccc(OCCSc2ccc(C(=O)O)o2)cc1. The molecule has 0 fully saturated rings. The molecule has 6 heteroatoms. The van der Waals surface area contributed by atoms with E-state index in [2.05, 4.69) is 0 Å². The van der Waals surface area contributed by atoms with E-state index < -0.39 is 5.97 Å². The molecule has 0 saturated heterocycles. The molecule has 5 nitrogen and oxygen atoms in total. The largest absolute Gasteiger partial charge is 0.497 e. The molecule has 20 heavy (non-hydrogen) atoms. The third kappa shape index (κ3) is 3.96. The molecule has 0 unspecified atom stereocenters. The van der Waals surface area contributed by atoms with Gasteiger partial charge in [0.05, 0.1) is 13.7 Å². The van der Waals surface area contributed by atoms with Crippen molar-refractivity contribution in [1.29, 1.82) is 0 Å². The standard InChI is InChI=1S/C14H14O5S/c1-17-10-2-4-11(5-3-10)18-8-9-20-13-7-6-12(19-13)14(15)16/h2-7H,8-9H2,1H3,(H,15,16). The summed E-state index contributed by atoms with van der Waals surface area (Å²) in [5, 5.41) is 9.29. The smallest absolute Gasteiger partial charge is 0.371 e. The first kappa shape index (κ1) is 14.3. The molecule has 0 amide bonds. The molecule has 106 valence electrons. The molecule has 2 rings (SSSR count). The number of rotatable bonds is 7. The number of hydrogen-bond donors (Lipinski definition) is 1. The third-order valence-corrected chi connectivity index (χ3v) is 3.32. The number of furan rings is 1. The minimum Gasteiger partial charge on any atom is -0.497 e. The van der Waals surface area contributed by atoms with Gasteiger partial charge in [-0.2, -0.15) is 0 Å². The van der Waals surface area contributed by atoms with Crippen LogP contribution < -0.4 is 9.47 Å². The first-order chi connectivity index (χ1) is 9.69. The van der Waals surface area contributed by atoms with Gasteiger partial charge < -0.3 is 19.0 Å². The summed E-state index contributed by atoms with van der Waals surface area (Å²) in [5.74, 6) is 1.09. The normalized spacial score (nSPS) is 10.2. The zero-order valence-electron chi connectivity index (χ0n) is 10.9. The molecule has 0 radical (unpaired) electrons. The van der Waals surface area contributed by atoms with Crippen LogP contribution in [-0.2, 0) is 0 Å². The lowest BCUT2D eigenvalue weighted by Crippen LogP contribution is -1.99. The van der Waals surface area contributed by atoms with E-state index in [0.29, 0.717) is 17.5 Å². The van der Waals surface area contributed by atoms with Crippen LogP contribution in [0, 0.1) is 0 Å². The number of benzene rings is 1. The Morgan fingerprint density at radius 1 is 1.20 bits per heavy atom. The Labute approximate surface area is 120 Å². The van der Waals surface area contributed by atoms with E-state index in [1.807, 2.05) is 24.3 Å². The number of hydrogen-bond acceptors (Lipinski definition) is 5. The average molecular weight is 294 g/mol. The van der Waals surface area contributed by atoms with E-state index in [1.165, 1.54) is 17.8 Å². The highest BCUT2D eigenvalue weighted by molar-refractivity contribution is 7.99. The number of carboxylic acid groups (broad SMARTS) is 1. The first-order valence-corrected chi connectivity index (χ1v) is 6.90. The van der Waals surface area contributed by atoms with Gasteiger partial charge in [-0.1, -0.05) is 11.8 Å². The van der Waals surface area contributed by atoms with E-state index in [-0.39, 0.29) is 5.76 Å². The summed E-state index contributed by atoms with van der Waals surface area (Å²) < 4.78 is 15.7. The molecular formula is C14H14O5S. The number of methoxy groups -OCH3 is 1. The number of aromatic carboxylic acids is 1.